The minimum absolute atomic E-state index is 0.177. The average molecular weight is 424 g/mol. The lowest BCUT2D eigenvalue weighted by Crippen LogP contribution is -2.27. The molecule has 0 saturated heterocycles. The minimum atomic E-state index is -0.250. The Hall–Kier alpha value is -2.93. The number of rotatable bonds is 4. The molecule has 2 heterocycles. The number of carbonyl (C=O) groups is 1. The van der Waals surface area contributed by atoms with Gasteiger partial charge in [0.05, 0.1) is 40.2 Å². The van der Waals surface area contributed by atoms with Gasteiger partial charge < -0.3 is 10.3 Å². The molecule has 6 nitrogen and oxygen atoms in total. The van der Waals surface area contributed by atoms with Gasteiger partial charge in [-0.2, -0.15) is 5.10 Å². The Balaban J connectivity index is 1.55. The summed E-state index contributed by atoms with van der Waals surface area (Å²) >= 11 is 3.42. The first kappa shape index (κ1) is 17.5. The van der Waals surface area contributed by atoms with Crippen LogP contribution in [0.15, 0.2) is 59.2 Å². The molecular weight excluding hydrogens is 406 g/mol. The molecule has 27 heavy (non-hydrogen) atoms. The maximum Gasteiger partial charge on any atom is 0.255 e. The van der Waals surface area contributed by atoms with Gasteiger partial charge in [-0.05, 0) is 50.2 Å². The molecule has 0 spiro atoms. The topological polar surface area (TPSA) is 75.6 Å². The lowest BCUT2D eigenvalue weighted by atomic mass is 10.2. The van der Waals surface area contributed by atoms with Gasteiger partial charge in [-0.15, -0.1) is 0 Å². The number of nitrogens with one attached hydrogen (secondary N) is 2. The van der Waals surface area contributed by atoms with Crippen molar-refractivity contribution in [1.29, 1.82) is 0 Å². The normalized spacial score (nSPS) is 12.3. The van der Waals surface area contributed by atoms with Crippen LogP contribution in [0.1, 0.15) is 34.8 Å². The summed E-state index contributed by atoms with van der Waals surface area (Å²) < 4.78 is 2.75. The van der Waals surface area contributed by atoms with Crippen LogP contribution in [0.3, 0.4) is 0 Å². The smallest absolute Gasteiger partial charge is 0.255 e. The molecule has 2 N–H and O–H groups in total. The van der Waals surface area contributed by atoms with Crippen molar-refractivity contribution in [2.75, 3.05) is 0 Å². The molecule has 0 aliphatic rings. The molecule has 0 aliphatic heterocycles. The number of hydrogen-bond donors (Lipinski definition) is 2. The second-order valence-corrected chi connectivity index (χ2v) is 7.28. The number of benzene rings is 2. The van der Waals surface area contributed by atoms with E-state index in [0.717, 1.165) is 32.7 Å². The Morgan fingerprint density at radius 3 is 2.67 bits per heavy atom. The highest BCUT2D eigenvalue weighted by Crippen LogP contribution is 2.19. The highest BCUT2D eigenvalue weighted by Gasteiger charge is 2.19. The van der Waals surface area contributed by atoms with Crippen molar-refractivity contribution in [1.82, 2.24) is 25.1 Å². The first-order valence-corrected chi connectivity index (χ1v) is 9.38. The quantitative estimate of drug-likeness (QED) is 0.513. The van der Waals surface area contributed by atoms with Crippen molar-refractivity contribution >= 4 is 32.9 Å². The summed E-state index contributed by atoms with van der Waals surface area (Å²) in [4.78, 5) is 20.5. The Bertz CT molecular complexity index is 1080. The van der Waals surface area contributed by atoms with Gasteiger partial charge in [0, 0.05) is 4.47 Å². The lowest BCUT2D eigenvalue weighted by Gasteiger charge is -2.11. The number of nitrogens with zero attached hydrogens (tertiary/aromatic N) is 3. The van der Waals surface area contributed by atoms with Gasteiger partial charge in [0.25, 0.3) is 5.91 Å². The fraction of sp³-hybridized carbons (Fsp3) is 0.150. The molecule has 7 heteroatoms. The van der Waals surface area contributed by atoms with Crippen LogP contribution in [0.25, 0.3) is 16.7 Å². The molecule has 136 valence electrons. The van der Waals surface area contributed by atoms with E-state index in [0.29, 0.717) is 5.56 Å². The summed E-state index contributed by atoms with van der Waals surface area (Å²) in [6.07, 6.45) is 1.60. The summed E-state index contributed by atoms with van der Waals surface area (Å²) in [6.45, 7) is 3.79. The van der Waals surface area contributed by atoms with Crippen LogP contribution in [-0.2, 0) is 0 Å². The van der Waals surface area contributed by atoms with Crippen LogP contribution in [-0.4, -0.2) is 25.7 Å². The third kappa shape index (κ3) is 3.38. The number of halogens is 1. The first-order valence-electron chi connectivity index (χ1n) is 8.59. The van der Waals surface area contributed by atoms with Crippen molar-refractivity contribution < 1.29 is 4.79 Å². The predicted octanol–water partition coefficient (Wildman–Crippen LogP) is 4.31. The van der Waals surface area contributed by atoms with E-state index in [2.05, 4.69) is 36.3 Å². The van der Waals surface area contributed by atoms with E-state index in [4.69, 9.17) is 0 Å². The summed E-state index contributed by atoms with van der Waals surface area (Å²) in [5.74, 6) is 0.548. The lowest BCUT2D eigenvalue weighted by molar-refractivity contribution is 0.0938. The third-order valence-corrected chi connectivity index (χ3v) is 5.02. The number of carbonyl (C=O) groups excluding carboxylic acids is 1. The van der Waals surface area contributed by atoms with Crippen LogP contribution in [0, 0.1) is 6.92 Å². The number of para-hydroxylation sites is 2. The SMILES string of the molecule is Cc1c(C(=O)NC(C)c2nc3ccccc3[nH]2)cnn1-c1ccc(Br)cc1. The van der Waals surface area contributed by atoms with Crippen LogP contribution >= 0.6 is 15.9 Å². The number of imidazole rings is 1. The molecule has 1 atom stereocenters. The number of aromatic nitrogens is 4. The van der Waals surface area contributed by atoms with E-state index >= 15 is 0 Å². The predicted molar refractivity (Wildman–Crippen MR) is 108 cm³/mol. The van der Waals surface area contributed by atoms with Crippen LogP contribution in [0.5, 0.6) is 0 Å². The number of H-pyrrole nitrogens is 1. The zero-order valence-corrected chi connectivity index (χ0v) is 16.5. The van der Waals surface area contributed by atoms with Gasteiger partial charge >= 0.3 is 0 Å². The molecular formula is C20H18BrN5O. The summed E-state index contributed by atoms with van der Waals surface area (Å²) in [7, 11) is 0. The number of aromatic amines is 1. The van der Waals surface area contributed by atoms with Gasteiger partial charge in [-0.25, -0.2) is 9.67 Å². The van der Waals surface area contributed by atoms with Gasteiger partial charge in [-0.1, -0.05) is 28.1 Å². The van der Waals surface area contributed by atoms with Gasteiger partial charge in [0.2, 0.25) is 0 Å². The Kier molecular flexibility index (Phi) is 4.53. The fourth-order valence-corrected chi connectivity index (χ4v) is 3.26. The standard InChI is InChI=1S/C20H18BrN5O/c1-12(19-24-17-5-3-4-6-18(17)25-19)23-20(27)16-11-22-26(13(16)2)15-9-7-14(21)8-10-15/h3-12H,1-2H3,(H,23,27)(H,24,25). The summed E-state index contributed by atoms with van der Waals surface area (Å²) in [5.41, 5.74) is 4.06. The van der Waals surface area contributed by atoms with E-state index in [1.165, 1.54) is 0 Å². The molecule has 0 saturated carbocycles. The monoisotopic (exact) mass is 423 g/mol. The second kappa shape index (κ2) is 7.00. The van der Waals surface area contributed by atoms with Crippen LogP contribution < -0.4 is 5.32 Å². The molecule has 4 aromatic rings. The molecule has 4 rings (SSSR count). The molecule has 1 unspecified atom stereocenters. The summed E-state index contributed by atoms with van der Waals surface area (Å²) in [6, 6.07) is 15.3. The molecule has 0 bridgehead atoms. The van der Waals surface area contributed by atoms with Crippen molar-refractivity contribution in [3.63, 3.8) is 0 Å². The van der Waals surface area contributed by atoms with E-state index < -0.39 is 0 Å². The number of hydrogen-bond acceptors (Lipinski definition) is 3. The van der Waals surface area contributed by atoms with Crippen molar-refractivity contribution in [3.8, 4) is 5.69 Å². The minimum Gasteiger partial charge on any atom is -0.342 e. The van der Waals surface area contributed by atoms with Gasteiger partial charge in [0.1, 0.15) is 5.82 Å². The highest BCUT2D eigenvalue weighted by molar-refractivity contribution is 9.10. The van der Waals surface area contributed by atoms with E-state index in [-0.39, 0.29) is 11.9 Å². The van der Waals surface area contributed by atoms with Crippen LogP contribution in [0.4, 0.5) is 0 Å². The molecule has 2 aromatic carbocycles. The summed E-state index contributed by atoms with van der Waals surface area (Å²) in [5, 5.41) is 7.36. The number of amides is 1. The molecule has 1 amide bonds. The highest BCUT2D eigenvalue weighted by atomic mass is 79.9. The maximum atomic E-state index is 12.7. The molecule has 2 aromatic heterocycles. The van der Waals surface area contributed by atoms with Crippen molar-refractivity contribution in [2.24, 2.45) is 0 Å². The van der Waals surface area contributed by atoms with E-state index in [9.17, 15) is 4.79 Å². The fourth-order valence-electron chi connectivity index (χ4n) is 3.00. The zero-order chi connectivity index (χ0) is 19.0. The Morgan fingerprint density at radius 1 is 1.19 bits per heavy atom. The van der Waals surface area contributed by atoms with Crippen molar-refractivity contribution in [3.05, 3.63) is 76.3 Å². The molecule has 0 fully saturated rings. The van der Waals surface area contributed by atoms with Crippen molar-refractivity contribution in [2.45, 2.75) is 19.9 Å². The largest absolute Gasteiger partial charge is 0.342 e. The zero-order valence-electron chi connectivity index (χ0n) is 14.9. The average Bonchev–Trinajstić information content (AvgIpc) is 3.26. The maximum absolute atomic E-state index is 12.7. The second-order valence-electron chi connectivity index (χ2n) is 6.37. The Labute approximate surface area is 164 Å². The molecule has 0 radical (unpaired) electrons. The van der Waals surface area contributed by atoms with Gasteiger partial charge in [-0.3, -0.25) is 4.79 Å². The third-order valence-electron chi connectivity index (χ3n) is 4.49. The van der Waals surface area contributed by atoms with Crippen LogP contribution in [0.2, 0.25) is 0 Å². The van der Waals surface area contributed by atoms with E-state index in [1.54, 1.807) is 10.9 Å². The molecule has 0 aliphatic carbocycles. The Morgan fingerprint density at radius 2 is 1.93 bits per heavy atom. The first-order chi connectivity index (χ1) is 13.0. The van der Waals surface area contributed by atoms with E-state index in [1.807, 2.05) is 62.4 Å². The van der Waals surface area contributed by atoms with Gasteiger partial charge in [0.15, 0.2) is 0 Å². The number of fused-ring (bicyclic) bond motifs is 1.